The highest BCUT2D eigenvalue weighted by atomic mass is 16.5. The molecule has 3 rings (SSSR count). The Balaban J connectivity index is 1.78. The standard InChI is InChI=1S/C20H24N6O2/c1-5-25(16(4)13-28-19-12-21-15(3)11-22-19)20(27)17-7-6-14(2)10-18(17)26-23-8-9-24-26/h6-12,16H,5,13H2,1-4H3/t16-/m0/s1. The van der Waals surface area contributed by atoms with Crippen LogP contribution < -0.4 is 4.74 Å². The quantitative estimate of drug-likeness (QED) is 0.626. The Bertz CT molecular complexity index is 924. The van der Waals surface area contributed by atoms with Gasteiger partial charge in [0.1, 0.15) is 6.61 Å². The van der Waals surface area contributed by atoms with Crippen molar-refractivity contribution in [2.45, 2.75) is 33.7 Å². The van der Waals surface area contributed by atoms with Crippen LogP contribution in [0.25, 0.3) is 5.69 Å². The number of hydrogen-bond acceptors (Lipinski definition) is 6. The Labute approximate surface area is 164 Å². The van der Waals surface area contributed by atoms with Crippen molar-refractivity contribution < 1.29 is 9.53 Å². The Morgan fingerprint density at radius 1 is 1.18 bits per heavy atom. The number of aromatic nitrogens is 5. The SMILES string of the molecule is CCN(C(=O)c1ccc(C)cc1-n1nccn1)[C@@H](C)COc1cnc(C)cn1. The van der Waals surface area contributed by atoms with Crippen molar-refractivity contribution in [3.05, 3.63) is 59.8 Å². The van der Waals surface area contributed by atoms with E-state index in [0.29, 0.717) is 30.3 Å². The third-order valence-electron chi connectivity index (χ3n) is 4.38. The van der Waals surface area contributed by atoms with Gasteiger partial charge in [0.2, 0.25) is 5.88 Å². The zero-order chi connectivity index (χ0) is 20.1. The molecule has 0 aliphatic carbocycles. The Kier molecular flexibility index (Phi) is 5.98. The molecule has 1 aromatic carbocycles. The lowest BCUT2D eigenvalue weighted by Crippen LogP contribution is -2.42. The second kappa shape index (κ2) is 8.60. The van der Waals surface area contributed by atoms with Crippen molar-refractivity contribution in [3.8, 4) is 11.6 Å². The second-order valence-corrected chi connectivity index (χ2v) is 6.59. The fourth-order valence-corrected chi connectivity index (χ4v) is 2.89. The van der Waals surface area contributed by atoms with Gasteiger partial charge in [0.05, 0.1) is 47.8 Å². The van der Waals surface area contributed by atoms with Crippen molar-refractivity contribution in [3.63, 3.8) is 0 Å². The van der Waals surface area contributed by atoms with Gasteiger partial charge in [-0.1, -0.05) is 6.07 Å². The molecule has 0 unspecified atom stereocenters. The Morgan fingerprint density at radius 3 is 2.57 bits per heavy atom. The first kappa shape index (κ1) is 19.5. The molecule has 146 valence electrons. The summed E-state index contributed by atoms with van der Waals surface area (Å²) in [5, 5.41) is 8.36. The molecule has 8 nitrogen and oxygen atoms in total. The van der Waals surface area contributed by atoms with Gasteiger partial charge in [-0.3, -0.25) is 9.78 Å². The minimum Gasteiger partial charge on any atom is -0.474 e. The summed E-state index contributed by atoms with van der Waals surface area (Å²) in [6.45, 7) is 8.59. The maximum Gasteiger partial charge on any atom is 0.256 e. The number of nitrogens with zero attached hydrogens (tertiary/aromatic N) is 6. The van der Waals surface area contributed by atoms with E-state index in [1.807, 2.05) is 45.9 Å². The van der Waals surface area contributed by atoms with Crippen LogP contribution in [0, 0.1) is 13.8 Å². The lowest BCUT2D eigenvalue weighted by molar-refractivity contribution is 0.0646. The lowest BCUT2D eigenvalue weighted by Gasteiger charge is -2.28. The summed E-state index contributed by atoms with van der Waals surface area (Å²) in [5.74, 6) is 0.346. The van der Waals surface area contributed by atoms with E-state index in [9.17, 15) is 4.79 Å². The number of carbonyl (C=O) groups excluding carboxylic acids is 1. The highest BCUT2D eigenvalue weighted by molar-refractivity contribution is 5.98. The van der Waals surface area contributed by atoms with Crippen LogP contribution in [0.3, 0.4) is 0 Å². The first-order valence-corrected chi connectivity index (χ1v) is 9.19. The molecule has 8 heteroatoms. The minimum absolute atomic E-state index is 0.0964. The van der Waals surface area contributed by atoms with E-state index in [1.165, 1.54) is 4.80 Å². The van der Waals surface area contributed by atoms with Crippen LogP contribution in [0.1, 0.15) is 35.5 Å². The largest absolute Gasteiger partial charge is 0.474 e. The van der Waals surface area contributed by atoms with Gasteiger partial charge in [0.15, 0.2) is 0 Å². The van der Waals surface area contributed by atoms with Crippen LogP contribution in [0.15, 0.2) is 43.0 Å². The van der Waals surface area contributed by atoms with Crippen LogP contribution in [0.2, 0.25) is 0 Å². The number of ether oxygens (including phenoxy) is 1. The molecular formula is C20H24N6O2. The van der Waals surface area contributed by atoms with Crippen molar-refractivity contribution in [1.82, 2.24) is 29.9 Å². The number of likely N-dealkylation sites (N-methyl/N-ethyl adjacent to an activating group) is 1. The summed E-state index contributed by atoms with van der Waals surface area (Å²) in [4.78, 5) is 24.9. The number of rotatable bonds is 7. The fourth-order valence-electron chi connectivity index (χ4n) is 2.89. The van der Waals surface area contributed by atoms with Gasteiger partial charge >= 0.3 is 0 Å². The number of aryl methyl sites for hydroxylation is 2. The molecule has 28 heavy (non-hydrogen) atoms. The Hall–Kier alpha value is -3.29. The average Bonchev–Trinajstić information content (AvgIpc) is 3.22. The monoisotopic (exact) mass is 380 g/mol. The summed E-state index contributed by atoms with van der Waals surface area (Å²) < 4.78 is 5.72. The third kappa shape index (κ3) is 4.33. The highest BCUT2D eigenvalue weighted by Crippen LogP contribution is 2.19. The van der Waals surface area contributed by atoms with Crippen LogP contribution in [-0.2, 0) is 0 Å². The van der Waals surface area contributed by atoms with Gasteiger partial charge < -0.3 is 9.64 Å². The van der Waals surface area contributed by atoms with E-state index in [1.54, 1.807) is 29.7 Å². The second-order valence-electron chi connectivity index (χ2n) is 6.59. The molecule has 0 spiro atoms. The van der Waals surface area contributed by atoms with E-state index in [-0.39, 0.29) is 11.9 Å². The molecule has 0 N–H and O–H groups in total. The average molecular weight is 380 g/mol. The molecule has 2 heterocycles. The third-order valence-corrected chi connectivity index (χ3v) is 4.38. The molecule has 0 saturated carbocycles. The minimum atomic E-state index is -0.152. The molecule has 2 aromatic heterocycles. The molecule has 0 bridgehead atoms. The van der Waals surface area contributed by atoms with Gasteiger partial charge in [-0.15, -0.1) is 0 Å². The molecule has 1 amide bonds. The normalized spacial score (nSPS) is 11.9. The molecular weight excluding hydrogens is 356 g/mol. The van der Waals surface area contributed by atoms with Crippen LogP contribution >= 0.6 is 0 Å². The van der Waals surface area contributed by atoms with Gasteiger partial charge in [0, 0.05) is 6.54 Å². The van der Waals surface area contributed by atoms with Gasteiger partial charge in [-0.2, -0.15) is 15.0 Å². The Morgan fingerprint density at radius 2 is 1.93 bits per heavy atom. The number of benzene rings is 1. The van der Waals surface area contributed by atoms with E-state index in [2.05, 4.69) is 20.2 Å². The van der Waals surface area contributed by atoms with E-state index < -0.39 is 0 Å². The topological polar surface area (TPSA) is 86.0 Å². The van der Waals surface area contributed by atoms with E-state index >= 15 is 0 Å². The van der Waals surface area contributed by atoms with Gasteiger partial charge in [0.25, 0.3) is 5.91 Å². The summed E-state index contributed by atoms with van der Waals surface area (Å²) in [7, 11) is 0. The maximum absolute atomic E-state index is 13.3. The van der Waals surface area contributed by atoms with Crippen molar-refractivity contribution in [1.29, 1.82) is 0 Å². The molecule has 3 aromatic rings. The van der Waals surface area contributed by atoms with E-state index in [4.69, 9.17) is 4.74 Å². The van der Waals surface area contributed by atoms with Crippen LogP contribution in [0.4, 0.5) is 0 Å². The summed E-state index contributed by atoms with van der Waals surface area (Å²) in [6, 6.07) is 5.49. The highest BCUT2D eigenvalue weighted by Gasteiger charge is 2.24. The first-order valence-electron chi connectivity index (χ1n) is 9.19. The summed E-state index contributed by atoms with van der Waals surface area (Å²) in [6.07, 6.45) is 6.42. The van der Waals surface area contributed by atoms with E-state index in [0.717, 1.165) is 11.3 Å². The van der Waals surface area contributed by atoms with Crippen molar-refractivity contribution in [2.24, 2.45) is 0 Å². The van der Waals surface area contributed by atoms with Crippen LogP contribution in [0.5, 0.6) is 5.88 Å². The summed E-state index contributed by atoms with van der Waals surface area (Å²) >= 11 is 0. The van der Waals surface area contributed by atoms with Crippen molar-refractivity contribution in [2.75, 3.05) is 13.2 Å². The lowest BCUT2D eigenvalue weighted by atomic mass is 10.1. The molecule has 0 aliphatic heterocycles. The number of hydrogen-bond donors (Lipinski definition) is 0. The molecule has 0 saturated heterocycles. The summed E-state index contributed by atoms with van der Waals surface area (Å²) in [5.41, 5.74) is 3.06. The molecule has 1 atom stereocenters. The zero-order valence-corrected chi connectivity index (χ0v) is 16.5. The fraction of sp³-hybridized carbons (Fsp3) is 0.350. The maximum atomic E-state index is 13.3. The molecule has 0 radical (unpaired) electrons. The number of carbonyl (C=O) groups is 1. The molecule has 0 fully saturated rings. The number of amides is 1. The van der Waals surface area contributed by atoms with Crippen LogP contribution in [-0.4, -0.2) is 55.0 Å². The first-order chi connectivity index (χ1) is 13.5. The smallest absolute Gasteiger partial charge is 0.256 e. The van der Waals surface area contributed by atoms with Gasteiger partial charge in [-0.25, -0.2) is 4.98 Å². The van der Waals surface area contributed by atoms with Crippen molar-refractivity contribution >= 4 is 5.91 Å². The predicted octanol–water partition coefficient (Wildman–Crippen LogP) is 2.60. The zero-order valence-electron chi connectivity index (χ0n) is 16.5. The molecule has 0 aliphatic rings. The predicted molar refractivity (Wildman–Crippen MR) is 105 cm³/mol. The van der Waals surface area contributed by atoms with Gasteiger partial charge in [-0.05, 0) is 45.4 Å².